The number of hydrogen-bond donors (Lipinski definition) is 1. The highest BCUT2D eigenvalue weighted by Crippen LogP contribution is 2.32. The molecular weight excluding hydrogens is 342 g/mol. The van der Waals surface area contributed by atoms with Gasteiger partial charge >= 0.3 is 6.03 Å². The van der Waals surface area contributed by atoms with Gasteiger partial charge in [0.2, 0.25) is 5.91 Å². The van der Waals surface area contributed by atoms with Crippen LogP contribution in [-0.4, -0.2) is 86.5 Å². The number of urea groups is 1. The molecule has 1 spiro atoms. The molecule has 2 saturated heterocycles. The lowest BCUT2D eigenvalue weighted by Gasteiger charge is -2.49. The molecule has 3 rings (SSSR count). The van der Waals surface area contributed by atoms with Crippen LogP contribution in [0.5, 0.6) is 0 Å². The van der Waals surface area contributed by atoms with Crippen molar-refractivity contribution in [3.05, 3.63) is 24.3 Å². The molecule has 1 aromatic carbocycles. The van der Waals surface area contributed by atoms with Gasteiger partial charge in [-0.25, -0.2) is 4.79 Å². The SMILES string of the molecule is CN1CCC2(CCC1=O)CN(C(=O)Nc1ccc(N(C)C)cc1)CCN2C. The molecule has 27 heavy (non-hydrogen) atoms. The highest BCUT2D eigenvalue weighted by molar-refractivity contribution is 5.89. The quantitative estimate of drug-likeness (QED) is 0.860. The number of carbonyl (C=O) groups is 2. The van der Waals surface area contributed by atoms with E-state index < -0.39 is 0 Å². The average Bonchev–Trinajstić information content (AvgIpc) is 2.79. The van der Waals surface area contributed by atoms with E-state index in [0.717, 1.165) is 37.3 Å². The van der Waals surface area contributed by atoms with Crippen LogP contribution >= 0.6 is 0 Å². The Morgan fingerprint density at radius 3 is 2.44 bits per heavy atom. The summed E-state index contributed by atoms with van der Waals surface area (Å²) in [5, 5.41) is 3.02. The van der Waals surface area contributed by atoms with Crippen molar-refractivity contribution in [2.45, 2.75) is 24.8 Å². The second-order valence-electron chi connectivity index (χ2n) is 8.00. The second kappa shape index (κ2) is 7.76. The number of hydrogen-bond acceptors (Lipinski definition) is 4. The summed E-state index contributed by atoms with van der Waals surface area (Å²) >= 11 is 0. The number of amides is 3. The van der Waals surface area contributed by atoms with Gasteiger partial charge in [0, 0.05) is 70.7 Å². The summed E-state index contributed by atoms with van der Waals surface area (Å²) in [6.07, 6.45) is 2.24. The zero-order valence-electron chi connectivity index (χ0n) is 16.9. The van der Waals surface area contributed by atoms with Crippen molar-refractivity contribution in [1.82, 2.24) is 14.7 Å². The predicted octanol–water partition coefficient (Wildman–Crippen LogP) is 1.91. The number of nitrogens with zero attached hydrogens (tertiary/aromatic N) is 4. The van der Waals surface area contributed by atoms with E-state index in [9.17, 15) is 9.59 Å². The Labute approximate surface area is 161 Å². The van der Waals surface area contributed by atoms with Crippen molar-refractivity contribution in [3.8, 4) is 0 Å². The summed E-state index contributed by atoms with van der Waals surface area (Å²) in [5.41, 5.74) is 1.78. The van der Waals surface area contributed by atoms with Gasteiger partial charge in [0.1, 0.15) is 0 Å². The maximum atomic E-state index is 12.8. The van der Waals surface area contributed by atoms with E-state index in [1.54, 1.807) is 0 Å². The Morgan fingerprint density at radius 2 is 1.78 bits per heavy atom. The van der Waals surface area contributed by atoms with Gasteiger partial charge in [0.15, 0.2) is 0 Å². The first kappa shape index (κ1) is 19.5. The van der Waals surface area contributed by atoms with E-state index in [2.05, 4.69) is 17.3 Å². The van der Waals surface area contributed by atoms with Crippen LogP contribution in [0, 0.1) is 0 Å². The molecule has 2 aliphatic heterocycles. The molecule has 0 radical (unpaired) electrons. The monoisotopic (exact) mass is 373 g/mol. The van der Waals surface area contributed by atoms with Crippen LogP contribution < -0.4 is 10.2 Å². The predicted molar refractivity (Wildman–Crippen MR) is 108 cm³/mol. The van der Waals surface area contributed by atoms with E-state index in [1.807, 2.05) is 60.1 Å². The van der Waals surface area contributed by atoms with Crippen LogP contribution in [0.4, 0.5) is 16.2 Å². The molecule has 0 bridgehead atoms. The minimum absolute atomic E-state index is 0.0657. The van der Waals surface area contributed by atoms with Crippen LogP contribution in [0.25, 0.3) is 0 Å². The van der Waals surface area contributed by atoms with E-state index in [0.29, 0.717) is 19.5 Å². The third-order valence-corrected chi connectivity index (χ3v) is 6.06. The number of carbonyl (C=O) groups excluding carboxylic acids is 2. The maximum absolute atomic E-state index is 12.8. The molecule has 2 fully saturated rings. The first-order valence-corrected chi connectivity index (χ1v) is 9.59. The number of benzene rings is 1. The molecule has 2 heterocycles. The smallest absolute Gasteiger partial charge is 0.321 e. The van der Waals surface area contributed by atoms with E-state index in [4.69, 9.17) is 0 Å². The lowest BCUT2D eigenvalue weighted by Crippen LogP contribution is -2.62. The fraction of sp³-hybridized carbons (Fsp3) is 0.600. The van der Waals surface area contributed by atoms with Crippen molar-refractivity contribution < 1.29 is 9.59 Å². The van der Waals surface area contributed by atoms with Crippen molar-refractivity contribution in [3.63, 3.8) is 0 Å². The van der Waals surface area contributed by atoms with Crippen molar-refractivity contribution >= 4 is 23.3 Å². The molecule has 1 N–H and O–H groups in total. The Morgan fingerprint density at radius 1 is 1.07 bits per heavy atom. The third kappa shape index (κ3) is 4.18. The topological polar surface area (TPSA) is 59.1 Å². The van der Waals surface area contributed by atoms with Crippen LogP contribution in [0.15, 0.2) is 24.3 Å². The summed E-state index contributed by atoms with van der Waals surface area (Å²) in [6.45, 7) is 2.92. The van der Waals surface area contributed by atoms with Crippen LogP contribution in [0.3, 0.4) is 0 Å². The van der Waals surface area contributed by atoms with Gasteiger partial charge in [-0.3, -0.25) is 9.69 Å². The zero-order chi connectivity index (χ0) is 19.6. The molecule has 3 amide bonds. The summed E-state index contributed by atoms with van der Waals surface area (Å²) < 4.78 is 0. The molecule has 0 saturated carbocycles. The Hall–Kier alpha value is -2.28. The zero-order valence-corrected chi connectivity index (χ0v) is 16.9. The van der Waals surface area contributed by atoms with Crippen molar-refractivity contribution in [2.24, 2.45) is 0 Å². The number of piperazine rings is 1. The van der Waals surface area contributed by atoms with Gasteiger partial charge in [-0.05, 0) is 44.2 Å². The first-order valence-electron chi connectivity index (χ1n) is 9.59. The molecular formula is C20H31N5O2. The Bertz CT molecular complexity index is 690. The van der Waals surface area contributed by atoms with Crippen LogP contribution in [-0.2, 0) is 4.79 Å². The second-order valence-corrected chi connectivity index (χ2v) is 8.00. The summed E-state index contributed by atoms with van der Waals surface area (Å²) in [4.78, 5) is 33.0. The van der Waals surface area contributed by atoms with Crippen LogP contribution in [0.2, 0.25) is 0 Å². The number of likely N-dealkylation sites (tertiary alicyclic amines) is 1. The highest BCUT2D eigenvalue weighted by atomic mass is 16.2. The molecule has 1 unspecified atom stereocenters. The summed E-state index contributed by atoms with van der Waals surface area (Å²) in [5.74, 6) is 0.197. The number of nitrogens with one attached hydrogen (secondary N) is 1. The van der Waals surface area contributed by atoms with Gasteiger partial charge in [-0.1, -0.05) is 0 Å². The third-order valence-electron chi connectivity index (χ3n) is 6.06. The molecule has 7 nitrogen and oxygen atoms in total. The standard InChI is InChI=1S/C20H31N5O2/c1-22(2)17-7-5-16(6-8-17)21-19(27)25-14-13-24(4)20(15-25)10-9-18(26)23(3)12-11-20/h5-8H,9-15H2,1-4H3,(H,21,27). The van der Waals surface area contributed by atoms with Gasteiger partial charge < -0.3 is 20.0 Å². The minimum atomic E-state index is -0.120. The van der Waals surface area contributed by atoms with E-state index >= 15 is 0 Å². The molecule has 0 aliphatic carbocycles. The first-order chi connectivity index (χ1) is 12.8. The fourth-order valence-electron chi connectivity index (χ4n) is 3.98. The van der Waals surface area contributed by atoms with Gasteiger partial charge in [0.25, 0.3) is 0 Å². The fourth-order valence-corrected chi connectivity index (χ4v) is 3.98. The van der Waals surface area contributed by atoms with E-state index in [-0.39, 0.29) is 17.5 Å². The number of anilines is 2. The average molecular weight is 374 g/mol. The number of likely N-dealkylation sites (N-methyl/N-ethyl adjacent to an activating group) is 1. The summed E-state index contributed by atoms with van der Waals surface area (Å²) in [7, 11) is 7.97. The molecule has 1 aromatic rings. The molecule has 2 aliphatic rings. The minimum Gasteiger partial charge on any atom is -0.378 e. The van der Waals surface area contributed by atoms with Crippen molar-refractivity contribution in [2.75, 3.05) is 64.6 Å². The molecule has 7 heteroatoms. The Balaban J connectivity index is 1.67. The molecule has 0 aromatic heterocycles. The number of rotatable bonds is 2. The molecule has 1 atom stereocenters. The highest BCUT2D eigenvalue weighted by Gasteiger charge is 2.42. The maximum Gasteiger partial charge on any atom is 0.321 e. The van der Waals surface area contributed by atoms with Crippen molar-refractivity contribution in [1.29, 1.82) is 0 Å². The van der Waals surface area contributed by atoms with E-state index in [1.165, 1.54) is 0 Å². The van der Waals surface area contributed by atoms with Crippen LogP contribution in [0.1, 0.15) is 19.3 Å². The Kier molecular flexibility index (Phi) is 5.60. The molecule has 148 valence electrons. The van der Waals surface area contributed by atoms with Gasteiger partial charge in [-0.15, -0.1) is 0 Å². The lowest BCUT2D eigenvalue weighted by molar-refractivity contribution is -0.129. The lowest BCUT2D eigenvalue weighted by atomic mass is 9.86. The summed E-state index contributed by atoms with van der Waals surface area (Å²) in [6, 6.07) is 7.78. The van der Waals surface area contributed by atoms with Gasteiger partial charge in [0.05, 0.1) is 0 Å². The largest absolute Gasteiger partial charge is 0.378 e. The van der Waals surface area contributed by atoms with Gasteiger partial charge in [-0.2, -0.15) is 0 Å². The normalized spacial score (nSPS) is 24.1.